The Bertz CT molecular complexity index is 966. The third-order valence-electron chi connectivity index (χ3n) is 3.92. The van der Waals surface area contributed by atoms with Gasteiger partial charge < -0.3 is 9.72 Å². The van der Waals surface area contributed by atoms with Crippen molar-refractivity contribution in [2.75, 3.05) is 0 Å². The highest BCUT2D eigenvalue weighted by atomic mass is 16.6. The largest absolute Gasteiger partial charge is 0.456 e. The molecule has 6 heteroatoms. The van der Waals surface area contributed by atoms with Gasteiger partial charge in [-0.15, -0.1) is 0 Å². The van der Waals surface area contributed by atoms with Gasteiger partial charge in [0.05, 0.1) is 10.5 Å². The summed E-state index contributed by atoms with van der Waals surface area (Å²) in [4.78, 5) is 25.8. The van der Waals surface area contributed by atoms with Crippen molar-refractivity contribution in [2.45, 2.75) is 32.8 Å². The number of H-pyrrole nitrogens is 1. The maximum atomic E-state index is 12.4. The second-order valence-corrected chi connectivity index (χ2v) is 7.18. The Hall–Kier alpha value is -3.15. The molecule has 0 radical (unpaired) electrons. The lowest BCUT2D eigenvalue weighted by Crippen LogP contribution is -2.23. The average Bonchev–Trinajstić information content (AvgIpc) is 2.97. The van der Waals surface area contributed by atoms with Crippen LogP contribution in [-0.4, -0.2) is 21.5 Å². The molecule has 0 saturated carbocycles. The van der Waals surface area contributed by atoms with Gasteiger partial charge in [0.25, 0.3) is 5.69 Å². The SMILES string of the molecule is CC(C)(C)OC(=O)c1c[nH]c2ccc(Cc3ccc([N+](=O)[O-])cc3)cc12. The van der Waals surface area contributed by atoms with Gasteiger partial charge in [0, 0.05) is 29.2 Å². The molecule has 0 saturated heterocycles. The van der Waals surface area contributed by atoms with E-state index in [2.05, 4.69) is 4.98 Å². The quantitative estimate of drug-likeness (QED) is 0.422. The molecule has 0 fully saturated rings. The lowest BCUT2D eigenvalue weighted by Gasteiger charge is -2.19. The predicted octanol–water partition coefficient (Wildman–Crippen LogP) is 4.62. The van der Waals surface area contributed by atoms with E-state index in [-0.39, 0.29) is 11.7 Å². The summed E-state index contributed by atoms with van der Waals surface area (Å²) in [6.45, 7) is 5.50. The van der Waals surface area contributed by atoms with Crippen LogP contribution in [0.15, 0.2) is 48.7 Å². The summed E-state index contributed by atoms with van der Waals surface area (Å²) < 4.78 is 5.46. The Morgan fingerprint density at radius 2 is 1.77 bits per heavy atom. The number of rotatable bonds is 4. The number of nitro benzene ring substituents is 1. The minimum absolute atomic E-state index is 0.0713. The molecule has 134 valence electrons. The number of ether oxygens (including phenoxy) is 1. The first-order valence-electron chi connectivity index (χ1n) is 8.29. The molecule has 0 unspecified atom stereocenters. The monoisotopic (exact) mass is 352 g/mol. The molecule has 0 atom stereocenters. The van der Waals surface area contributed by atoms with Crippen molar-refractivity contribution >= 4 is 22.6 Å². The van der Waals surface area contributed by atoms with Gasteiger partial charge in [-0.25, -0.2) is 4.79 Å². The Balaban J connectivity index is 1.87. The van der Waals surface area contributed by atoms with E-state index in [0.717, 1.165) is 22.0 Å². The van der Waals surface area contributed by atoms with E-state index in [1.807, 2.05) is 39.0 Å². The van der Waals surface area contributed by atoms with Crippen molar-refractivity contribution in [1.82, 2.24) is 4.98 Å². The summed E-state index contributed by atoms with van der Waals surface area (Å²) in [7, 11) is 0. The van der Waals surface area contributed by atoms with Crippen molar-refractivity contribution in [2.24, 2.45) is 0 Å². The van der Waals surface area contributed by atoms with E-state index in [9.17, 15) is 14.9 Å². The average molecular weight is 352 g/mol. The Morgan fingerprint density at radius 1 is 1.12 bits per heavy atom. The topological polar surface area (TPSA) is 85.2 Å². The second-order valence-electron chi connectivity index (χ2n) is 7.18. The van der Waals surface area contributed by atoms with Crippen molar-refractivity contribution in [1.29, 1.82) is 0 Å². The highest BCUT2D eigenvalue weighted by Crippen LogP contribution is 2.24. The zero-order chi connectivity index (χ0) is 18.9. The van der Waals surface area contributed by atoms with Crippen LogP contribution in [0, 0.1) is 10.1 Å². The van der Waals surface area contributed by atoms with Crippen molar-refractivity contribution in [3.05, 3.63) is 75.5 Å². The van der Waals surface area contributed by atoms with Crippen LogP contribution in [0.4, 0.5) is 5.69 Å². The van der Waals surface area contributed by atoms with Gasteiger partial charge in [-0.2, -0.15) is 0 Å². The lowest BCUT2D eigenvalue weighted by molar-refractivity contribution is -0.384. The summed E-state index contributed by atoms with van der Waals surface area (Å²) in [5.41, 5.74) is 2.85. The van der Waals surface area contributed by atoms with E-state index >= 15 is 0 Å². The van der Waals surface area contributed by atoms with Gasteiger partial charge >= 0.3 is 5.97 Å². The zero-order valence-electron chi connectivity index (χ0n) is 14.9. The van der Waals surface area contributed by atoms with Crippen LogP contribution in [0.3, 0.4) is 0 Å². The summed E-state index contributed by atoms with van der Waals surface area (Å²) in [6.07, 6.45) is 2.28. The maximum absolute atomic E-state index is 12.4. The molecule has 0 bridgehead atoms. The number of carbonyl (C=O) groups is 1. The predicted molar refractivity (Wildman–Crippen MR) is 99.4 cm³/mol. The number of nitro groups is 1. The van der Waals surface area contributed by atoms with Gasteiger partial charge in [0.1, 0.15) is 5.60 Å². The molecular weight excluding hydrogens is 332 g/mol. The van der Waals surface area contributed by atoms with Crippen LogP contribution in [-0.2, 0) is 11.2 Å². The Kier molecular flexibility index (Phi) is 4.50. The molecule has 1 N–H and O–H groups in total. The van der Waals surface area contributed by atoms with Crippen LogP contribution in [0.5, 0.6) is 0 Å². The number of hydrogen-bond acceptors (Lipinski definition) is 4. The third kappa shape index (κ3) is 3.91. The fraction of sp³-hybridized carbons (Fsp3) is 0.250. The molecule has 3 rings (SSSR count). The highest BCUT2D eigenvalue weighted by Gasteiger charge is 2.20. The van der Waals surface area contributed by atoms with Gasteiger partial charge in [-0.05, 0) is 50.5 Å². The van der Waals surface area contributed by atoms with E-state index < -0.39 is 10.5 Å². The van der Waals surface area contributed by atoms with Crippen molar-refractivity contribution < 1.29 is 14.5 Å². The van der Waals surface area contributed by atoms with E-state index in [0.29, 0.717) is 12.0 Å². The normalized spacial score (nSPS) is 11.5. The molecule has 0 amide bonds. The fourth-order valence-corrected chi connectivity index (χ4v) is 2.75. The summed E-state index contributed by atoms with van der Waals surface area (Å²) in [5.74, 6) is -0.365. The molecule has 26 heavy (non-hydrogen) atoms. The molecule has 3 aromatic rings. The van der Waals surface area contributed by atoms with E-state index in [4.69, 9.17) is 4.74 Å². The Labute approximate surface area is 150 Å². The van der Waals surface area contributed by atoms with Crippen molar-refractivity contribution in [3.63, 3.8) is 0 Å². The van der Waals surface area contributed by atoms with Gasteiger partial charge in [0.15, 0.2) is 0 Å². The molecule has 0 aliphatic heterocycles. The summed E-state index contributed by atoms with van der Waals surface area (Å²) in [6, 6.07) is 12.3. The third-order valence-corrected chi connectivity index (χ3v) is 3.92. The number of nitrogens with one attached hydrogen (secondary N) is 1. The molecule has 6 nitrogen and oxygen atoms in total. The highest BCUT2D eigenvalue weighted by molar-refractivity contribution is 6.04. The fourth-order valence-electron chi connectivity index (χ4n) is 2.75. The molecule has 2 aromatic carbocycles. The number of benzene rings is 2. The molecular formula is C20H20N2O4. The summed E-state index contributed by atoms with van der Waals surface area (Å²) in [5, 5.41) is 11.6. The molecule has 0 spiro atoms. The minimum Gasteiger partial charge on any atom is -0.456 e. The number of esters is 1. The van der Waals surface area contributed by atoms with Gasteiger partial charge in [-0.1, -0.05) is 18.2 Å². The number of carbonyl (C=O) groups excluding carboxylic acids is 1. The first-order valence-corrected chi connectivity index (χ1v) is 8.29. The molecule has 1 heterocycles. The van der Waals surface area contributed by atoms with Crippen molar-refractivity contribution in [3.8, 4) is 0 Å². The number of fused-ring (bicyclic) bond motifs is 1. The molecule has 1 aromatic heterocycles. The van der Waals surface area contributed by atoms with Crippen LogP contribution in [0.25, 0.3) is 10.9 Å². The van der Waals surface area contributed by atoms with Gasteiger partial charge in [-0.3, -0.25) is 10.1 Å². The number of hydrogen-bond donors (Lipinski definition) is 1. The second kappa shape index (κ2) is 6.63. The van der Waals surface area contributed by atoms with E-state index in [1.165, 1.54) is 12.1 Å². The Morgan fingerprint density at radius 3 is 2.38 bits per heavy atom. The molecule has 0 aliphatic carbocycles. The van der Waals surface area contributed by atoms with Crippen LogP contribution in [0.1, 0.15) is 42.3 Å². The van der Waals surface area contributed by atoms with Gasteiger partial charge in [0.2, 0.25) is 0 Å². The smallest absolute Gasteiger partial charge is 0.340 e. The number of aromatic nitrogens is 1. The number of aromatic amines is 1. The molecule has 0 aliphatic rings. The first-order chi connectivity index (χ1) is 12.2. The minimum atomic E-state index is -0.558. The maximum Gasteiger partial charge on any atom is 0.340 e. The van der Waals surface area contributed by atoms with Crippen LogP contribution >= 0.6 is 0 Å². The number of nitrogens with zero attached hydrogens (tertiary/aromatic N) is 1. The lowest BCUT2D eigenvalue weighted by atomic mass is 10.0. The van der Waals surface area contributed by atoms with Crippen LogP contribution < -0.4 is 0 Å². The van der Waals surface area contributed by atoms with Crippen LogP contribution in [0.2, 0.25) is 0 Å². The number of non-ortho nitro benzene ring substituents is 1. The summed E-state index contributed by atoms with van der Waals surface area (Å²) >= 11 is 0. The van der Waals surface area contributed by atoms with E-state index in [1.54, 1.807) is 18.3 Å². The first kappa shape index (κ1) is 17.7. The standard InChI is InChI=1S/C20H20N2O4/c1-20(2,3)26-19(23)17-12-21-18-9-6-14(11-16(17)18)10-13-4-7-15(8-5-13)22(24)25/h4-9,11-12,21H,10H2,1-3H3. The zero-order valence-corrected chi connectivity index (χ0v) is 14.9.